The van der Waals surface area contributed by atoms with E-state index in [-0.39, 0.29) is 92.4 Å². The largest absolute Gasteiger partial charge is 0.491 e. The smallest absolute Gasteiger partial charge is 0.147 e. The van der Waals surface area contributed by atoms with Crippen LogP contribution in [0.4, 0.5) is 0 Å². The van der Waals surface area contributed by atoms with E-state index in [2.05, 4.69) is 49.9 Å². The van der Waals surface area contributed by atoms with E-state index in [9.17, 15) is 0 Å². The topological polar surface area (TPSA) is 18.5 Å². The van der Waals surface area contributed by atoms with Crippen LogP contribution < -0.4 is 9.47 Å². The number of fused-ring (bicyclic) bond motifs is 2. The zero-order valence-electron chi connectivity index (χ0n) is 25.7. The Balaban J connectivity index is -0.000000500. The van der Waals surface area contributed by atoms with Crippen molar-refractivity contribution < 1.29 is 9.47 Å². The van der Waals surface area contributed by atoms with E-state index in [4.69, 9.17) is 9.47 Å². The van der Waals surface area contributed by atoms with Crippen molar-refractivity contribution in [3.05, 3.63) is 20.1 Å². The molecule has 0 bridgehead atoms. The third-order valence-corrected chi connectivity index (χ3v) is 9.60. The van der Waals surface area contributed by atoms with E-state index in [1.165, 1.54) is 123 Å². The molecule has 0 N–H and O–H groups in total. The van der Waals surface area contributed by atoms with Gasteiger partial charge >= 0.3 is 0 Å². The van der Waals surface area contributed by atoms with E-state index >= 15 is 0 Å². The zero-order chi connectivity index (χ0) is 27.0. The zero-order valence-corrected chi connectivity index (χ0v) is 33.0. The maximum absolute atomic E-state index is 6.70. The minimum absolute atomic E-state index is 0. The number of unbranched alkanes of at least 4 members (excludes halogenated alkanes) is 8. The van der Waals surface area contributed by atoms with Gasteiger partial charge in [-0.1, -0.05) is 181 Å². The van der Waals surface area contributed by atoms with Crippen molar-refractivity contribution in [2.24, 2.45) is 11.8 Å². The van der Waals surface area contributed by atoms with Crippen molar-refractivity contribution in [3.63, 3.8) is 0 Å². The molecule has 2 heterocycles. The molecule has 1 aromatic carbocycles. The van der Waals surface area contributed by atoms with Crippen LogP contribution in [0.1, 0.15) is 186 Å². The van der Waals surface area contributed by atoms with Crippen LogP contribution in [0.15, 0.2) is 0 Å². The first-order valence-electron chi connectivity index (χ1n) is 15.7. The van der Waals surface area contributed by atoms with Gasteiger partial charge in [-0.3, -0.25) is 0 Å². The first-order valence-corrected chi connectivity index (χ1v) is 17.4. The second-order valence-corrected chi connectivity index (χ2v) is 12.9. The van der Waals surface area contributed by atoms with Gasteiger partial charge in [-0.25, -0.2) is 0 Å². The molecule has 0 saturated carbocycles. The molecule has 0 aromatic heterocycles. The van der Waals surface area contributed by atoms with Gasteiger partial charge in [-0.05, 0) is 37.5 Å². The van der Waals surface area contributed by atoms with Crippen molar-refractivity contribution in [1.82, 2.24) is 0 Å². The average molecular weight is 891 g/mol. The standard InChI is InChI=1S/C34H52O2S2.6CH4.2Sn/c1-5-9-13-15-19-27(17-11-7-3)25-35-31-29-21-23-38-34(29)32(30-22-24-37-33(30)31)36-26-28(18-12-8-4)20-16-14-10-6-2;;;;;;;;/h21-22,27-28H,5-20,25-26H2,1-4H3;6*1H4;;. The third-order valence-electron chi connectivity index (χ3n) is 7.91. The van der Waals surface area contributed by atoms with Gasteiger partial charge in [0.1, 0.15) is 11.5 Å². The first-order chi connectivity index (χ1) is 18.7. The minimum Gasteiger partial charge on any atom is -0.491 e. The SMILES string of the molecule is C.C.C.C.C.C.CCCCCCC(CCCC)COc1c2c(c(OCC(CCCC)CCCCCC)c3c1=S=C=C3)=S=C=C2.[Sn].[Sn]. The molecule has 0 aliphatic carbocycles. The Kier molecular flexibility index (Phi) is 44.4. The molecule has 1 aromatic rings. The van der Waals surface area contributed by atoms with E-state index < -0.39 is 0 Å². The van der Waals surface area contributed by atoms with Gasteiger partial charge in [-0.15, -0.1) is 0 Å². The van der Waals surface area contributed by atoms with Crippen LogP contribution in [0.25, 0.3) is 12.2 Å². The monoisotopic (exact) mass is 892 g/mol. The quantitative estimate of drug-likeness (QED) is 0.0568. The minimum atomic E-state index is 0. The summed E-state index contributed by atoms with van der Waals surface area (Å²) in [6, 6.07) is 0. The maximum Gasteiger partial charge on any atom is 0.147 e. The number of hydrogen-bond acceptors (Lipinski definition) is 2. The molecule has 2 aliphatic rings. The van der Waals surface area contributed by atoms with Crippen molar-refractivity contribution >= 4 is 91.9 Å². The summed E-state index contributed by atoms with van der Waals surface area (Å²) < 4.78 is 15.8. The van der Waals surface area contributed by atoms with Crippen molar-refractivity contribution in [2.75, 3.05) is 13.2 Å². The molecule has 0 fully saturated rings. The summed E-state index contributed by atoms with van der Waals surface area (Å²) in [4.78, 5) is 0. The fourth-order valence-corrected chi connectivity index (χ4v) is 7.11. The Morgan fingerprint density at radius 3 is 1.15 bits per heavy atom. The molecule has 0 spiro atoms. The van der Waals surface area contributed by atoms with Crippen LogP contribution in [-0.4, -0.2) is 71.1 Å². The van der Waals surface area contributed by atoms with Crippen LogP contribution in [-0.2, 0) is 0 Å². The molecule has 3 rings (SSSR count). The molecular formula is C40H76O2S2Sn2. The Morgan fingerprint density at radius 1 is 0.500 bits per heavy atom. The summed E-state index contributed by atoms with van der Waals surface area (Å²) in [5, 5.41) is 6.80. The van der Waals surface area contributed by atoms with Gasteiger partial charge in [0.2, 0.25) is 0 Å². The Bertz CT molecular complexity index is 1070. The number of ether oxygens (including phenoxy) is 2. The summed E-state index contributed by atoms with van der Waals surface area (Å²) in [7, 11) is 3.34. The molecule has 0 amide bonds. The molecule has 8 radical (unpaired) electrons. The van der Waals surface area contributed by atoms with Crippen molar-refractivity contribution in [3.8, 4) is 11.5 Å². The van der Waals surface area contributed by atoms with Crippen molar-refractivity contribution in [2.45, 2.75) is 175 Å². The Hall–Kier alpha value is 0.157. The number of hydrogen-bond donors (Lipinski definition) is 0. The molecule has 6 heteroatoms. The van der Waals surface area contributed by atoms with Crippen LogP contribution in [0.3, 0.4) is 0 Å². The average Bonchev–Trinajstić information content (AvgIpc) is 3.62. The summed E-state index contributed by atoms with van der Waals surface area (Å²) in [5.74, 6) is 3.32. The molecule has 268 valence electrons. The van der Waals surface area contributed by atoms with Crippen LogP contribution in [0.5, 0.6) is 11.5 Å². The summed E-state index contributed by atoms with van der Waals surface area (Å²) >= 11 is 0. The summed E-state index contributed by atoms with van der Waals surface area (Å²) in [6.07, 6.45) is 25.0. The molecule has 2 atom stereocenters. The van der Waals surface area contributed by atoms with Gasteiger partial charge in [-0.2, -0.15) is 0 Å². The van der Waals surface area contributed by atoms with Gasteiger partial charge in [0.15, 0.2) is 0 Å². The van der Waals surface area contributed by atoms with Gasteiger partial charge in [0.25, 0.3) is 0 Å². The maximum atomic E-state index is 6.70. The van der Waals surface area contributed by atoms with E-state index in [0.29, 0.717) is 11.8 Å². The molecular weight excluding hydrogens is 814 g/mol. The molecule has 2 unspecified atom stereocenters. The fraction of sp³-hybridized carbons (Fsp3) is 0.750. The molecule has 0 saturated heterocycles. The normalized spacial score (nSPS) is 11.7. The Labute approximate surface area is 330 Å². The van der Waals surface area contributed by atoms with Gasteiger partial charge in [0.05, 0.1) is 22.2 Å². The van der Waals surface area contributed by atoms with Crippen molar-refractivity contribution in [1.29, 1.82) is 0 Å². The number of rotatable bonds is 22. The summed E-state index contributed by atoms with van der Waals surface area (Å²) in [6.45, 7) is 10.8. The summed E-state index contributed by atoms with van der Waals surface area (Å²) in [5.41, 5.74) is 2.34. The molecule has 2 nitrogen and oxygen atoms in total. The predicted octanol–water partition coefficient (Wildman–Crippen LogP) is 13.9. The van der Waals surface area contributed by atoms with Gasteiger partial charge in [0, 0.05) is 71.1 Å². The third kappa shape index (κ3) is 18.8. The van der Waals surface area contributed by atoms with Crippen LogP contribution in [0, 0.1) is 20.9 Å². The van der Waals surface area contributed by atoms with E-state index in [1.807, 2.05) is 0 Å². The van der Waals surface area contributed by atoms with Gasteiger partial charge < -0.3 is 9.47 Å². The fourth-order valence-electron chi connectivity index (χ4n) is 5.47. The van der Waals surface area contributed by atoms with E-state index in [0.717, 1.165) is 24.7 Å². The van der Waals surface area contributed by atoms with E-state index in [1.54, 1.807) is 21.9 Å². The first kappa shape index (κ1) is 58.4. The molecule has 2 aliphatic heterocycles. The molecule has 46 heavy (non-hydrogen) atoms. The Morgan fingerprint density at radius 2 is 0.826 bits per heavy atom. The van der Waals surface area contributed by atoms with Crippen LogP contribution in [0.2, 0.25) is 0 Å². The number of benzene rings is 1. The second kappa shape index (κ2) is 35.0. The second-order valence-electron chi connectivity index (χ2n) is 11.2. The van der Waals surface area contributed by atoms with Crippen LogP contribution >= 0.6 is 21.9 Å². The predicted molar refractivity (Wildman–Crippen MR) is 225 cm³/mol.